The fraction of sp³-hybridized carbons (Fsp3) is 0.0833. The predicted molar refractivity (Wildman–Crippen MR) is 128 cm³/mol. The van der Waals surface area contributed by atoms with Gasteiger partial charge >= 0.3 is 12.0 Å². The lowest BCUT2D eigenvalue weighted by Crippen LogP contribution is -2.54. The predicted octanol–water partition coefficient (Wildman–Crippen LogP) is 4.77. The van der Waals surface area contributed by atoms with E-state index in [1.807, 2.05) is 18.4 Å². The maximum atomic E-state index is 13.2. The molecule has 1 saturated heterocycles. The Morgan fingerprint density at radius 2 is 1.71 bits per heavy atom. The normalized spacial score (nSPS) is 15.1. The van der Waals surface area contributed by atoms with E-state index in [1.165, 1.54) is 30.3 Å². The second-order valence-electron chi connectivity index (χ2n) is 7.57. The number of halogens is 2. The average molecular weight is 498 g/mol. The second-order valence-corrected chi connectivity index (χ2v) is 8.39. The number of carbonyl (C=O) groups excluding carboxylic acids is 3. The van der Waals surface area contributed by atoms with Gasteiger partial charge in [0.15, 0.2) is 0 Å². The number of aromatic nitrogens is 1. The summed E-state index contributed by atoms with van der Waals surface area (Å²) < 4.78 is 1.89. The molecule has 1 aliphatic heterocycles. The largest absolute Gasteiger partial charge is 0.478 e. The van der Waals surface area contributed by atoms with Gasteiger partial charge in [-0.25, -0.2) is 14.5 Å². The van der Waals surface area contributed by atoms with E-state index in [9.17, 15) is 24.3 Å². The summed E-state index contributed by atoms with van der Waals surface area (Å²) in [5.74, 6) is -2.93. The number of urea groups is 1. The molecule has 0 unspecified atom stereocenters. The minimum absolute atomic E-state index is 0.0297. The molecule has 0 spiro atoms. The van der Waals surface area contributed by atoms with Crippen molar-refractivity contribution < 1.29 is 24.3 Å². The van der Waals surface area contributed by atoms with E-state index in [4.69, 9.17) is 23.2 Å². The zero-order chi connectivity index (χ0) is 24.7. The van der Waals surface area contributed by atoms with E-state index >= 15 is 0 Å². The molecule has 4 rings (SSSR count). The zero-order valence-electron chi connectivity index (χ0n) is 17.9. The standard InChI is InChI=1S/C24H17Cl2N3O5/c1-12-8-15(13(2)28(12)17-6-7-19(25)20(26)11-17)10-18-21(30)27-24(34)29(22(18)31)16-5-3-4-14(9-16)23(32)33/h3-11H,1-2H3,(H,32,33)(H,27,30,34). The number of imide groups is 2. The van der Waals surface area contributed by atoms with Crippen molar-refractivity contribution in [1.29, 1.82) is 0 Å². The maximum absolute atomic E-state index is 13.2. The number of carboxylic acids is 1. The van der Waals surface area contributed by atoms with Crippen molar-refractivity contribution in [2.45, 2.75) is 13.8 Å². The lowest BCUT2D eigenvalue weighted by Gasteiger charge is -2.26. The third-order valence-corrected chi connectivity index (χ3v) is 6.12. The summed E-state index contributed by atoms with van der Waals surface area (Å²) in [5, 5.41) is 12.2. The van der Waals surface area contributed by atoms with Crippen molar-refractivity contribution in [3.05, 3.63) is 86.7 Å². The molecule has 2 N–H and O–H groups in total. The van der Waals surface area contributed by atoms with Gasteiger partial charge in [0.2, 0.25) is 0 Å². The molecule has 8 nitrogen and oxygen atoms in total. The number of carbonyl (C=O) groups is 4. The number of nitrogens with one attached hydrogen (secondary N) is 1. The Bertz CT molecular complexity index is 1420. The molecule has 172 valence electrons. The molecule has 4 amide bonds. The average Bonchev–Trinajstić information content (AvgIpc) is 3.06. The van der Waals surface area contributed by atoms with Gasteiger partial charge in [0.1, 0.15) is 5.57 Å². The monoisotopic (exact) mass is 497 g/mol. The van der Waals surface area contributed by atoms with Gasteiger partial charge in [-0.05, 0) is 68.0 Å². The third-order valence-electron chi connectivity index (χ3n) is 5.38. The van der Waals surface area contributed by atoms with E-state index in [2.05, 4.69) is 5.32 Å². The number of anilines is 1. The minimum Gasteiger partial charge on any atom is -0.478 e. The molecule has 0 bridgehead atoms. The van der Waals surface area contributed by atoms with E-state index in [-0.39, 0.29) is 16.8 Å². The number of aryl methyl sites for hydroxylation is 1. The highest BCUT2D eigenvalue weighted by Crippen LogP contribution is 2.29. The van der Waals surface area contributed by atoms with E-state index in [0.717, 1.165) is 22.0 Å². The summed E-state index contributed by atoms with van der Waals surface area (Å²) in [6.45, 7) is 3.67. The fourth-order valence-corrected chi connectivity index (χ4v) is 4.07. The van der Waals surface area contributed by atoms with Gasteiger partial charge in [-0.15, -0.1) is 0 Å². The lowest BCUT2D eigenvalue weighted by atomic mass is 10.1. The van der Waals surface area contributed by atoms with Crippen molar-refractivity contribution in [1.82, 2.24) is 9.88 Å². The summed E-state index contributed by atoms with van der Waals surface area (Å²) in [5.41, 5.74) is 2.52. The van der Waals surface area contributed by atoms with Crippen LogP contribution in [0.2, 0.25) is 10.0 Å². The van der Waals surface area contributed by atoms with Gasteiger partial charge in [-0.3, -0.25) is 14.9 Å². The number of benzene rings is 2. The fourth-order valence-electron chi connectivity index (χ4n) is 3.78. The van der Waals surface area contributed by atoms with Crippen LogP contribution in [0.4, 0.5) is 10.5 Å². The van der Waals surface area contributed by atoms with E-state index in [0.29, 0.717) is 15.6 Å². The number of barbiturate groups is 1. The van der Waals surface area contributed by atoms with Gasteiger partial charge < -0.3 is 9.67 Å². The molecule has 1 fully saturated rings. The Morgan fingerprint density at radius 1 is 0.971 bits per heavy atom. The highest BCUT2D eigenvalue weighted by molar-refractivity contribution is 6.42. The second kappa shape index (κ2) is 8.81. The molecular weight excluding hydrogens is 481 g/mol. The SMILES string of the molecule is Cc1cc(C=C2C(=O)NC(=O)N(c3cccc(C(=O)O)c3)C2=O)c(C)n1-c1ccc(Cl)c(Cl)c1. The van der Waals surface area contributed by atoms with Crippen molar-refractivity contribution in [3.63, 3.8) is 0 Å². The molecule has 0 atom stereocenters. The van der Waals surface area contributed by atoms with Crippen LogP contribution in [-0.2, 0) is 9.59 Å². The Morgan fingerprint density at radius 3 is 2.38 bits per heavy atom. The van der Waals surface area contributed by atoms with Crippen LogP contribution >= 0.6 is 23.2 Å². The number of hydrogen-bond acceptors (Lipinski definition) is 4. The summed E-state index contributed by atoms with van der Waals surface area (Å²) in [6.07, 6.45) is 1.40. The molecular formula is C24H17Cl2N3O5. The molecule has 2 heterocycles. The first-order valence-electron chi connectivity index (χ1n) is 9.97. The smallest absolute Gasteiger partial charge is 0.335 e. The maximum Gasteiger partial charge on any atom is 0.335 e. The quantitative estimate of drug-likeness (QED) is 0.398. The molecule has 1 aliphatic rings. The number of amides is 4. The zero-order valence-corrected chi connectivity index (χ0v) is 19.4. The van der Waals surface area contributed by atoms with Gasteiger partial charge in [0.05, 0.1) is 21.3 Å². The Labute approximate surface area is 204 Å². The number of carboxylic acid groups (broad SMARTS) is 1. The van der Waals surface area contributed by atoms with Crippen LogP contribution in [0.3, 0.4) is 0 Å². The number of rotatable bonds is 4. The summed E-state index contributed by atoms with van der Waals surface area (Å²) in [7, 11) is 0. The topological polar surface area (TPSA) is 109 Å². The summed E-state index contributed by atoms with van der Waals surface area (Å²) in [4.78, 5) is 50.2. The highest BCUT2D eigenvalue weighted by Gasteiger charge is 2.37. The highest BCUT2D eigenvalue weighted by atomic mass is 35.5. The van der Waals surface area contributed by atoms with Crippen molar-refractivity contribution in [2.75, 3.05) is 4.90 Å². The third kappa shape index (κ3) is 4.09. The van der Waals surface area contributed by atoms with Gasteiger partial charge in [0, 0.05) is 17.1 Å². The molecule has 3 aromatic rings. The van der Waals surface area contributed by atoms with Crippen LogP contribution in [0.25, 0.3) is 11.8 Å². The molecule has 2 aromatic carbocycles. The van der Waals surface area contributed by atoms with Crippen molar-refractivity contribution in [2.24, 2.45) is 0 Å². The first kappa shape index (κ1) is 23.3. The van der Waals surface area contributed by atoms with Gasteiger partial charge in [-0.2, -0.15) is 0 Å². The minimum atomic E-state index is -1.21. The van der Waals surface area contributed by atoms with Crippen LogP contribution in [-0.4, -0.2) is 33.5 Å². The molecule has 0 radical (unpaired) electrons. The van der Waals surface area contributed by atoms with Gasteiger partial charge in [0.25, 0.3) is 11.8 Å². The molecule has 10 heteroatoms. The lowest BCUT2D eigenvalue weighted by molar-refractivity contribution is -0.122. The molecule has 34 heavy (non-hydrogen) atoms. The Hall–Kier alpha value is -3.88. The summed E-state index contributed by atoms with van der Waals surface area (Å²) >= 11 is 12.2. The number of aromatic carboxylic acids is 1. The molecule has 0 saturated carbocycles. The Kier molecular flexibility index (Phi) is 6.03. The first-order chi connectivity index (χ1) is 16.1. The van der Waals surface area contributed by atoms with Crippen molar-refractivity contribution >= 4 is 58.8 Å². The molecule has 1 aromatic heterocycles. The Balaban J connectivity index is 1.77. The molecule has 0 aliphatic carbocycles. The number of nitrogens with zero attached hydrogens (tertiary/aromatic N) is 2. The summed E-state index contributed by atoms with van der Waals surface area (Å²) in [6, 6.07) is 11.3. The van der Waals surface area contributed by atoms with Crippen LogP contribution in [0.1, 0.15) is 27.3 Å². The van der Waals surface area contributed by atoms with E-state index in [1.54, 1.807) is 24.3 Å². The van der Waals surface area contributed by atoms with Gasteiger partial charge in [-0.1, -0.05) is 29.3 Å². The van der Waals surface area contributed by atoms with Crippen LogP contribution < -0.4 is 10.2 Å². The number of hydrogen-bond donors (Lipinski definition) is 2. The van der Waals surface area contributed by atoms with Crippen LogP contribution in [0, 0.1) is 13.8 Å². The van der Waals surface area contributed by atoms with Crippen molar-refractivity contribution in [3.8, 4) is 5.69 Å². The van der Waals surface area contributed by atoms with Crippen LogP contribution in [0.5, 0.6) is 0 Å². The van der Waals surface area contributed by atoms with Crippen LogP contribution in [0.15, 0.2) is 54.1 Å². The first-order valence-corrected chi connectivity index (χ1v) is 10.7. The van der Waals surface area contributed by atoms with E-state index < -0.39 is 23.8 Å².